The molecule has 0 saturated carbocycles. The molecular formula is C19H17NO4. The number of hydrogen-bond acceptors (Lipinski definition) is 4. The first-order valence-electron chi connectivity index (χ1n) is 7.44. The highest BCUT2D eigenvalue weighted by Crippen LogP contribution is 2.27. The number of fused-ring (bicyclic) bond motifs is 1. The van der Waals surface area contributed by atoms with Crippen LogP contribution in [0.3, 0.4) is 0 Å². The molecule has 0 heterocycles. The summed E-state index contributed by atoms with van der Waals surface area (Å²) >= 11 is 0. The quantitative estimate of drug-likeness (QED) is 0.751. The Balaban J connectivity index is 1.67. The second kappa shape index (κ2) is 6.91. The van der Waals surface area contributed by atoms with E-state index < -0.39 is 6.09 Å². The lowest BCUT2D eigenvalue weighted by atomic mass is 10.1. The predicted octanol–water partition coefficient (Wildman–Crippen LogP) is 4.30. The third-order valence-corrected chi connectivity index (χ3v) is 3.63. The number of anilines is 1. The Morgan fingerprint density at radius 3 is 2.62 bits per heavy atom. The number of aromatic hydroxyl groups is 1. The van der Waals surface area contributed by atoms with Crippen LogP contribution in [0.4, 0.5) is 10.5 Å². The summed E-state index contributed by atoms with van der Waals surface area (Å²) in [5.41, 5.74) is 1.45. The van der Waals surface area contributed by atoms with Crippen molar-refractivity contribution in [2.45, 2.75) is 6.61 Å². The smallest absolute Gasteiger partial charge is 0.411 e. The van der Waals surface area contributed by atoms with E-state index >= 15 is 0 Å². The minimum Gasteiger partial charge on any atom is -0.508 e. The molecular weight excluding hydrogens is 306 g/mol. The highest BCUT2D eigenvalue weighted by Gasteiger charge is 2.08. The molecule has 0 spiro atoms. The maximum Gasteiger partial charge on any atom is 0.411 e. The number of hydrogen-bond donors (Lipinski definition) is 2. The summed E-state index contributed by atoms with van der Waals surface area (Å²) in [7, 11) is 1.60. The molecule has 5 nitrogen and oxygen atoms in total. The second-order valence-corrected chi connectivity index (χ2v) is 5.26. The highest BCUT2D eigenvalue weighted by atomic mass is 16.5. The van der Waals surface area contributed by atoms with Crippen LogP contribution in [0, 0.1) is 0 Å². The summed E-state index contributed by atoms with van der Waals surface area (Å²) in [6.45, 7) is 0.159. The van der Waals surface area contributed by atoms with Crippen LogP contribution in [0.15, 0.2) is 60.7 Å². The molecule has 122 valence electrons. The molecule has 5 heteroatoms. The second-order valence-electron chi connectivity index (χ2n) is 5.26. The van der Waals surface area contributed by atoms with Crippen LogP contribution in [0.1, 0.15) is 5.56 Å². The van der Waals surface area contributed by atoms with Gasteiger partial charge in [0.2, 0.25) is 0 Å². The molecule has 0 aromatic heterocycles. The molecule has 0 aliphatic rings. The minimum atomic E-state index is -0.554. The van der Waals surface area contributed by atoms with E-state index in [1.54, 1.807) is 31.4 Å². The normalized spacial score (nSPS) is 10.4. The molecule has 0 aliphatic carbocycles. The minimum absolute atomic E-state index is 0.142. The van der Waals surface area contributed by atoms with Crippen molar-refractivity contribution in [3.63, 3.8) is 0 Å². The number of phenolic OH excluding ortho intramolecular Hbond substituents is 1. The van der Waals surface area contributed by atoms with E-state index in [4.69, 9.17) is 9.47 Å². The van der Waals surface area contributed by atoms with Crippen LogP contribution in [0.25, 0.3) is 10.8 Å². The maximum atomic E-state index is 12.0. The topological polar surface area (TPSA) is 67.8 Å². The summed E-state index contributed by atoms with van der Waals surface area (Å²) in [5.74, 6) is 0.891. The fourth-order valence-corrected chi connectivity index (χ4v) is 2.39. The van der Waals surface area contributed by atoms with E-state index in [0.717, 1.165) is 22.1 Å². The van der Waals surface area contributed by atoms with Gasteiger partial charge in [0.15, 0.2) is 0 Å². The Morgan fingerprint density at radius 1 is 1.08 bits per heavy atom. The number of benzene rings is 3. The zero-order chi connectivity index (χ0) is 16.9. The number of nitrogens with one attached hydrogen (secondary N) is 1. The zero-order valence-electron chi connectivity index (χ0n) is 13.2. The molecule has 0 bridgehead atoms. The monoisotopic (exact) mass is 323 g/mol. The van der Waals surface area contributed by atoms with Crippen molar-refractivity contribution in [1.29, 1.82) is 0 Å². The van der Waals surface area contributed by atoms with Gasteiger partial charge in [-0.1, -0.05) is 30.3 Å². The standard InChI is InChI=1S/C19H17NO4/c1-23-16-9-5-13(6-10-16)12-24-19(22)20-18-4-2-3-14-7-8-15(21)11-17(14)18/h2-11,21H,12H2,1H3,(H,20,22). The Labute approximate surface area is 139 Å². The molecule has 0 unspecified atom stereocenters. The van der Waals surface area contributed by atoms with Gasteiger partial charge in [-0.15, -0.1) is 0 Å². The molecule has 0 aliphatic heterocycles. The third-order valence-electron chi connectivity index (χ3n) is 3.63. The fourth-order valence-electron chi connectivity index (χ4n) is 2.39. The first-order valence-corrected chi connectivity index (χ1v) is 7.44. The van der Waals surface area contributed by atoms with Gasteiger partial charge in [0, 0.05) is 5.39 Å². The van der Waals surface area contributed by atoms with Gasteiger partial charge in [0.25, 0.3) is 0 Å². The summed E-state index contributed by atoms with van der Waals surface area (Å²) in [5, 5.41) is 14.0. The van der Waals surface area contributed by atoms with Crippen molar-refractivity contribution < 1.29 is 19.4 Å². The van der Waals surface area contributed by atoms with Crippen LogP contribution in [-0.2, 0) is 11.3 Å². The van der Waals surface area contributed by atoms with E-state index in [-0.39, 0.29) is 12.4 Å². The third kappa shape index (κ3) is 3.57. The Kier molecular flexibility index (Phi) is 4.52. The fraction of sp³-hybridized carbons (Fsp3) is 0.105. The van der Waals surface area contributed by atoms with E-state index in [9.17, 15) is 9.90 Å². The van der Waals surface area contributed by atoms with Crippen LogP contribution in [-0.4, -0.2) is 18.3 Å². The van der Waals surface area contributed by atoms with Crippen molar-refractivity contribution in [2.24, 2.45) is 0 Å². The molecule has 3 aromatic rings. The van der Waals surface area contributed by atoms with Gasteiger partial charge >= 0.3 is 6.09 Å². The van der Waals surface area contributed by atoms with E-state index in [1.807, 2.05) is 36.4 Å². The van der Waals surface area contributed by atoms with Gasteiger partial charge in [-0.25, -0.2) is 4.79 Å². The Bertz CT molecular complexity index is 859. The van der Waals surface area contributed by atoms with Gasteiger partial charge in [0.05, 0.1) is 12.8 Å². The van der Waals surface area contributed by atoms with Crippen LogP contribution < -0.4 is 10.1 Å². The maximum absolute atomic E-state index is 12.0. The molecule has 24 heavy (non-hydrogen) atoms. The van der Waals surface area contributed by atoms with Crippen molar-refractivity contribution >= 4 is 22.6 Å². The number of carbonyl (C=O) groups excluding carboxylic acids is 1. The van der Waals surface area contributed by atoms with Crippen LogP contribution in [0.5, 0.6) is 11.5 Å². The van der Waals surface area contributed by atoms with Gasteiger partial charge < -0.3 is 14.6 Å². The average molecular weight is 323 g/mol. The van der Waals surface area contributed by atoms with Crippen molar-refractivity contribution in [1.82, 2.24) is 0 Å². The number of methoxy groups -OCH3 is 1. The molecule has 0 saturated heterocycles. The van der Waals surface area contributed by atoms with Gasteiger partial charge in [-0.05, 0) is 41.3 Å². The van der Waals surface area contributed by atoms with Crippen molar-refractivity contribution in [2.75, 3.05) is 12.4 Å². The number of phenols is 1. The number of ether oxygens (including phenoxy) is 2. The summed E-state index contributed by atoms with van der Waals surface area (Å²) in [6, 6.07) is 17.8. The molecule has 1 amide bonds. The zero-order valence-corrected chi connectivity index (χ0v) is 13.2. The summed E-state index contributed by atoms with van der Waals surface area (Å²) in [6.07, 6.45) is -0.554. The van der Waals surface area contributed by atoms with E-state index in [2.05, 4.69) is 5.32 Å². The lowest BCUT2D eigenvalue weighted by Gasteiger charge is -2.10. The predicted molar refractivity (Wildman–Crippen MR) is 92.4 cm³/mol. The van der Waals surface area contributed by atoms with E-state index in [0.29, 0.717) is 5.69 Å². The lowest BCUT2D eigenvalue weighted by Crippen LogP contribution is -2.13. The Hall–Kier alpha value is -3.21. The first-order chi connectivity index (χ1) is 11.7. The number of amides is 1. The molecule has 3 aromatic carbocycles. The van der Waals surface area contributed by atoms with Crippen LogP contribution in [0.2, 0.25) is 0 Å². The summed E-state index contributed by atoms with van der Waals surface area (Å²) < 4.78 is 10.3. The van der Waals surface area contributed by atoms with Gasteiger partial charge in [-0.2, -0.15) is 0 Å². The van der Waals surface area contributed by atoms with Gasteiger partial charge in [-0.3, -0.25) is 5.32 Å². The lowest BCUT2D eigenvalue weighted by molar-refractivity contribution is 0.155. The highest BCUT2D eigenvalue weighted by molar-refractivity contribution is 6.00. The van der Waals surface area contributed by atoms with Crippen molar-refractivity contribution in [3.8, 4) is 11.5 Å². The molecule has 3 rings (SSSR count). The summed E-state index contributed by atoms with van der Waals surface area (Å²) in [4.78, 5) is 12.0. The molecule has 0 atom stereocenters. The van der Waals surface area contributed by atoms with Gasteiger partial charge in [0.1, 0.15) is 18.1 Å². The SMILES string of the molecule is COc1ccc(COC(=O)Nc2cccc3ccc(O)cc23)cc1. The first kappa shape index (κ1) is 15.7. The van der Waals surface area contributed by atoms with Crippen molar-refractivity contribution in [3.05, 3.63) is 66.2 Å². The molecule has 0 fully saturated rings. The Morgan fingerprint density at radius 2 is 1.88 bits per heavy atom. The van der Waals surface area contributed by atoms with Crippen LogP contribution >= 0.6 is 0 Å². The average Bonchev–Trinajstić information content (AvgIpc) is 2.61. The molecule has 0 radical (unpaired) electrons. The number of rotatable bonds is 4. The number of carbonyl (C=O) groups is 1. The largest absolute Gasteiger partial charge is 0.508 e. The van der Waals surface area contributed by atoms with E-state index in [1.165, 1.54) is 0 Å². The molecule has 2 N–H and O–H groups in total.